The fourth-order valence-corrected chi connectivity index (χ4v) is 2.90. The Bertz CT molecular complexity index is 978. The van der Waals surface area contributed by atoms with Gasteiger partial charge in [0.05, 0.1) is 0 Å². The molecule has 1 aromatic heterocycles. The first-order valence-corrected chi connectivity index (χ1v) is 9.38. The molecule has 0 aliphatic rings. The normalized spacial score (nSPS) is 11.1. The number of nitrogens with zero attached hydrogens (tertiary/aromatic N) is 2. The number of halogens is 1. The third-order valence-corrected chi connectivity index (χ3v) is 4.43. The van der Waals surface area contributed by atoms with E-state index in [0.717, 1.165) is 12.5 Å². The van der Waals surface area contributed by atoms with E-state index in [4.69, 9.17) is 5.73 Å². The Morgan fingerprint density at radius 1 is 1.32 bits per heavy atom. The second-order valence-electron chi connectivity index (χ2n) is 7.27. The Kier molecular flexibility index (Phi) is 6.77. The fourth-order valence-electron chi connectivity index (χ4n) is 2.90. The Balaban J connectivity index is 2.62. The molecule has 2 rings (SSSR count). The Morgan fingerprint density at radius 2 is 2.00 bits per heavy atom. The molecule has 0 atom stereocenters. The molecule has 0 spiro atoms. The van der Waals surface area contributed by atoms with Crippen LogP contribution in [0.1, 0.15) is 49.5 Å². The lowest BCUT2D eigenvalue weighted by Crippen LogP contribution is -2.42. The molecule has 0 aliphatic heterocycles. The number of anilines is 2. The number of nitrogen functional groups attached to an aromatic ring is 1. The third-order valence-electron chi connectivity index (χ3n) is 4.43. The van der Waals surface area contributed by atoms with Crippen LogP contribution >= 0.6 is 0 Å². The molecular weight excluding hydrogens is 363 g/mol. The summed E-state index contributed by atoms with van der Waals surface area (Å²) in [6.07, 6.45) is 1.39. The van der Waals surface area contributed by atoms with Crippen molar-refractivity contribution in [2.24, 2.45) is 5.92 Å². The van der Waals surface area contributed by atoms with Gasteiger partial charge in [0.2, 0.25) is 0 Å². The zero-order valence-corrected chi connectivity index (χ0v) is 16.7. The van der Waals surface area contributed by atoms with Gasteiger partial charge in [0.1, 0.15) is 11.6 Å². The van der Waals surface area contributed by atoms with Gasteiger partial charge in [-0.1, -0.05) is 33.3 Å². The number of aryl methyl sites for hydroxylation is 1. The lowest BCUT2D eigenvalue weighted by Gasteiger charge is -2.25. The number of carbonyl (C=O) groups is 1. The predicted octanol–water partition coefficient (Wildman–Crippen LogP) is 2.67. The maximum Gasteiger partial charge on any atom is 0.330 e. The van der Waals surface area contributed by atoms with Crippen molar-refractivity contribution >= 4 is 17.4 Å². The van der Waals surface area contributed by atoms with Crippen LogP contribution in [-0.4, -0.2) is 22.0 Å². The maximum atomic E-state index is 14.0. The van der Waals surface area contributed by atoms with Gasteiger partial charge in [-0.2, -0.15) is 0 Å². The van der Waals surface area contributed by atoms with Gasteiger partial charge in [-0.3, -0.25) is 19.1 Å². The van der Waals surface area contributed by atoms with Crippen molar-refractivity contribution in [1.29, 1.82) is 0 Å². The third kappa shape index (κ3) is 4.49. The number of hydrogen-bond acceptors (Lipinski definition) is 4. The molecule has 1 aromatic carbocycles. The van der Waals surface area contributed by atoms with Crippen molar-refractivity contribution in [3.05, 3.63) is 56.0 Å². The van der Waals surface area contributed by atoms with Crippen LogP contribution < -0.4 is 21.9 Å². The van der Waals surface area contributed by atoms with E-state index in [1.54, 1.807) is 6.92 Å². The van der Waals surface area contributed by atoms with E-state index in [1.807, 2.05) is 20.8 Å². The van der Waals surface area contributed by atoms with E-state index in [9.17, 15) is 18.8 Å². The zero-order valence-electron chi connectivity index (χ0n) is 16.7. The number of aromatic nitrogens is 2. The van der Waals surface area contributed by atoms with Gasteiger partial charge < -0.3 is 10.6 Å². The summed E-state index contributed by atoms with van der Waals surface area (Å²) in [6.45, 7) is 7.88. The summed E-state index contributed by atoms with van der Waals surface area (Å²) < 4.78 is 15.2. The Labute approximate surface area is 163 Å². The van der Waals surface area contributed by atoms with Crippen LogP contribution in [-0.2, 0) is 6.54 Å². The number of benzene rings is 1. The average molecular weight is 390 g/mol. The van der Waals surface area contributed by atoms with E-state index in [1.165, 1.54) is 21.6 Å². The molecule has 0 unspecified atom stereocenters. The van der Waals surface area contributed by atoms with Gasteiger partial charge in [0, 0.05) is 18.7 Å². The summed E-state index contributed by atoms with van der Waals surface area (Å²) in [5.41, 5.74) is 5.24. The molecule has 0 saturated heterocycles. The van der Waals surface area contributed by atoms with Gasteiger partial charge in [0.25, 0.3) is 11.5 Å². The molecule has 28 heavy (non-hydrogen) atoms. The first-order chi connectivity index (χ1) is 13.2. The van der Waals surface area contributed by atoms with Gasteiger partial charge >= 0.3 is 5.69 Å². The number of hydrogen-bond donors (Lipinski definition) is 2. The summed E-state index contributed by atoms with van der Waals surface area (Å²) >= 11 is 0. The van der Waals surface area contributed by atoms with Gasteiger partial charge in [-0.05, 0) is 37.0 Å². The van der Waals surface area contributed by atoms with Crippen LogP contribution in [0.15, 0.2) is 27.8 Å². The highest BCUT2D eigenvalue weighted by Gasteiger charge is 2.25. The number of amides is 1. The minimum Gasteiger partial charge on any atom is -0.383 e. The van der Waals surface area contributed by atoms with E-state index in [0.29, 0.717) is 18.5 Å². The predicted molar refractivity (Wildman–Crippen MR) is 108 cm³/mol. The quantitative estimate of drug-likeness (QED) is 0.759. The number of nitrogens with two attached hydrogens (primary N) is 1. The summed E-state index contributed by atoms with van der Waals surface area (Å²) in [5, 5.41) is 0. The molecule has 0 fully saturated rings. The first kappa shape index (κ1) is 21.4. The molecule has 0 radical (unpaired) electrons. The summed E-state index contributed by atoms with van der Waals surface area (Å²) in [4.78, 5) is 41.3. The lowest BCUT2D eigenvalue weighted by molar-refractivity contribution is 0.0985. The molecule has 7 nitrogen and oxygen atoms in total. The molecule has 8 heteroatoms. The summed E-state index contributed by atoms with van der Waals surface area (Å²) in [6, 6.07) is 4.16. The second-order valence-corrected chi connectivity index (χ2v) is 7.27. The molecule has 0 bridgehead atoms. The van der Waals surface area contributed by atoms with Gasteiger partial charge in [-0.25, -0.2) is 9.18 Å². The number of rotatable bonds is 7. The van der Waals surface area contributed by atoms with Crippen LogP contribution in [0.25, 0.3) is 0 Å². The molecule has 0 saturated carbocycles. The van der Waals surface area contributed by atoms with Crippen molar-refractivity contribution in [2.75, 3.05) is 17.2 Å². The van der Waals surface area contributed by atoms with Crippen molar-refractivity contribution < 1.29 is 9.18 Å². The number of H-pyrrole nitrogens is 1. The van der Waals surface area contributed by atoms with Crippen LogP contribution in [0, 0.1) is 18.7 Å². The monoisotopic (exact) mass is 390 g/mol. The Morgan fingerprint density at radius 3 is 2.57 bits per heavy atom. The summed E-state index contributed by atoms with van der Waals surface area (Å²) in [7, 11) is 0. The maximum absolute atomic E-state index is 14.0. The minimum absolute atomic E-state index is 0.0699. The highest BCUT2D eigenvalue weighted by molar-refractivity contribution is 6.07. The average Bonchev–Trinajstić information content (AvgIpc) is 2.62. The number of nitrogens with one attached hydrogen (secondary N) is 1. The molecular formula is C20H27FN4O3. The highest BCUT2D eigenvalue weighted by atomic mass is 19.1. The fraction of sp³-hybridized carbons (Fsp3) is 0.450. The van der Waals surface area contributed by atoms with E-state index < -0.39 is 23.0 Å². The first-order valence-electron chi connectivity index (χ1n) is 9.38. The van der Waals surface area contributed by atoms with Gasteiger partial charge in [0.15, 0.2) is 5.69 Å². The van der Waals surface area contributed by atoms with E-state index in [-0.39, 0.29) is 29.5 Å². The smallest absolute Gasteiger partial charge is 0.330 e. The molecule has 0 aliphatic carbocycles. The van der Waals surface area contributed by atoms with Crippen LogP contribution in [0.2, 0.25) is 0 Å². The summed E-state index contributed by atoms with van der Waals surface area (Å²) in [5.74, 6) is -1.02. The second kappa shape index (κ2) is 8.86. The van der Waals surface area contributed by atoms with Gasteiger partial charge in [-0.15, -0.1) is 0 Å². The molecule has 1 heterocycles. The highest BCUT2D eigenvalue weighted by Crippen LogP contribution is 2.21. The van der Waals surface area contributed by atoms with Crippen LogP contribution in [0.4, 0.5) is 15.9 Å². The van der Waals surface area contributed by atoms with Crippen molar-refractivity contribution in [3.63, 3.8) is 0 Å². The lowest BCUT2D eigenvalue weighted by atomic mass is 10.1. The van der Waals surface area contributed by atoms with Crippen molar-refractivity contribution in [1.82, 2.24) is 9.55 Å². The molecule has 152 valence electrons. The number of carbonyl (C=O) groups excluding carboxylic acids is 1. The van der Waals surface area contributed by atoms with E-state index >= 15 is 0 Å². The standard InChI is InChI=1S/C20H27FN4O3/c1-5-6-9-24(19(27)14-8-7-13(4)15(21)10-14)16-17(22)25(11-12(2)3)20(28)23-18(16)26/h7-8,10,12H,5-6,9,11,22H2,1-4H3,(H,23,26,28). The SMILES string of the molecule is CCCCN(C(=O)c1ccc(C)c(F)c1)c1c(N)n(CC(C)C)c(=O)[nH]c1=O. The minimum atomic E-state index is -0.737. The molecule has 1 amide bonds. The molecule has 3 N–H and O–H groups in total. The topological polar surface area (TPSA) is 101 Å². The van der Waals surface area contributed by atoms with Crippen LogP contribution in [0.5, 0.6) is 0 Å². The van der Waals surface area contributed by atoms with Crippen molar-refractivity contribution in [2.45, 2.75) is 47.1 Å². The van der Waals surface area contributed by atoms with E-state index in [2.05, 4.69) is 4.98 Å². The Hall–Kier alpha value is -2.90. The largest absolute Gasteiger partial charge is 0.383 e. The van der Waals surface area contributed by atoms with Crippen LogP contribution in [0.3, 0.4) is 0 Å². The zero-order chi connectivity index (χ0) is 21.0. The number of aromatic amines is 1. The number of unbranched alkanes of at least 4 members (excludes halogenated alkanes) is 1. The molecule has 2 aromatic rings. The van der Waals surface area contributed by atoms with Crippen molar-refractivity contribution in [3.8, 4) is 0 Å².